The second-order valence-electron chi connectivity index (χ2n) is 6.26. The van der Waals surface area contributed by atoms with Gasteiger partial charge in [0.15, 0.2) is 5.15 Å². The summed E-state index contributed by atoms with van der Waals surface area (Å²) in [4.78, 5) is 30.0. The van der Waals surface area contributed by atoms with Gasteiger partial charge in [-0.25, -0.2) is 4.98 Å². The van der Waals surface area contributed by atoms with Gasteiger partial charge in [0, 0.05) is 28.9 Å². The summed E-state index contributed by atoms with van der Waals surface area (Å²) in [6, 6.07) is 17.4. The van der Waals surface area contributed by atoms with Crippen molar-refractivity contribution in [2.45, 2.75) is 0 Å². The molecule has 1 amide bonds. The van der Waals surface area contributed by atoms with Crippen molar-refractivity contribution < 1.29 is 9.53 Å². The number of halogens is 1. The first-order valence-electron chi connectivity index (χ1n) is 8.79. The van der Waals surface area contributed by atoms with E-state index >= 15 is 0 Å². The van der Waals surface area contributed by atoms with Crippen molar-refractivity contribution in [2.75, 3.05) is 12.4 Å². The highest BCUT2D eigenvalue weighted by atomic mass is 35.5. The summed E-state index contributed by atoms with van der Waals surface area (Å²) < 4.78 is 6.62. The van der Waals surface area contributed by atoms with Crippen LogP contribution in [0.15, 0.2) is 77.9 Å². The molecule has 29 heavy (non-hydrogen) atoms. The van der Waals surface area contributed by atoms with Crippen molar-refractivity contribution in [1.29, 1.82) is 0 Å². The van der Waals surface area contributed by atoms with Gasteiger partial charge >= 0.3 is 0 Å². The third-order valence-corrected chi connectivity index (χ3v) is 4.83. The zero-order chi connectivity index (χ0) is 20.4. The first-order valence-corrected chi connectivity index (χ1v) is 9.17. The maximum atomic E-state index is 13.0. The van der Waals surface area contributed by atoms with Crippen LogP contribution in [0, 0.1) is 0 Å². The van der Waals surface area contributed by atoms with Gasteiger partial charge in [0.25, 0.3) is 11.5 Å². The number of hydrogen-bond donors (Lipinski definition) is 1. The summed E-state index contributed by atoms with van der Waals surface area (Å²) in [6.07, 6.45) is 3.07. The van der Waals surface area contributed by atoms with Crippen LogP contribution in [0.5, 0.6) is 5.75 Å². The molecular formula is C22H16ClN3O3. The van der Waals surface area contributed by atoms with Crippen LogP contribution < -0.4 is 15.6 Å². The number of nitrogens with zero attached hydrogens (tertiary/aromatic N) is 2. The molecule has 0 aliphatic carbocycles. The number of benzene rings is 2. The predicted octanol–water partition coefficient (Wildman–Crippen LogP) is 4.30. The number of pyridine rings is 2. The summed E-state index contributed by atoms with van der Waals surface area (Å²) in [7, 11) is 1.57. The van der Waals surface area contributed by atoms with Gasteiger partial charge in [-0.1, -0.05) is 29.8 Å². The minimum absolute atomic E-state index is 0.189. The van der Waals surface area contributed by atoms with Crippen molar-refractivity contribution in [1.82, 2.24) is 9.55 Å². The van der Waals surface area contributed by atoms with E-state index in [0.717, 1.165) is 0 Å². The van der Waals surface area contributed by atoms with Crippen LogP contribution in [-0.4, -0.2) is 22.6 Å². The first kappa shape index (κ1) is 18.7. The van der Waals surface area contributed by atoms with Gasteiger partial charge in [-0.2, -0.15) is 0 Å². The van der Waals surface area contributed by atoms with Crippen molar-refractivity contribution >= 4 is 34.0 Å². The molecule has 0 fully saturated rings. The van der Waals surface area contributed by atoms with Crippen molar-refractivity contribution in [3.8, 4) is 11.4 Å². The van der Waals surface area contributed by atoms with E-state index in [1.807, 2.05) is 0 Å². The van der Waals surface area contributed by atoms with Crippen LogP contribution in [0.1, 0.15) is 10.4 Å². The molecule has 2 aromatic heterocycles. The highest BCUT2D eigenvalue weighted by Crippen LogP contribution is 2.22. The van der Waals surface area contributed by atoms with Gasteiger partial charge in [0.05, 0.1) is 18.4 Å². The van der Waals surface area contributed by atoms with Gasteiger partial charge in [-0.3, -0.25) is 14.2 Å². The fourth-order valence-electron chi connectivity index (χ4n) is 3.08. The number of rotatable bonds is 4. The van der Waals surface area contributed by atoms with E-state index in [4.69, 9.17) is 16.3 Å². The molecule has 144 valence electrons. The Morgan fingerprint density at radius 1 is 1.03 bits per heavy atom. The number of methoxy groups -OCH3 is 1. The number of nitrogens with one attached hydrogen (secondary N) is 1. The van der Waals surface area contributed by atoms with Crippen molar-refractivity contribution in [3.05, 3.63) is 94.1 Å². The van der Waals surface area contributed by atoms with Gasteiger partial charge in [-0.15, -0.1) is 0 Å². The topological polar surface area (TPSA) is 73.2 Å². The standard InChI is InChI=1S/C22H16ClN3O3/c1-29-15-10-8-14(9-11-15)26-13-18(16-5-2-3-6-17(16)22(26)28)21(27)25-19-7-4-12-24-20(19)23/h2-13H,1H3,(H,25,27). The minimum Gasteiger partial charge on any atom is -0.497 e. The lowest BCUT2D eigenvalue weighted by molar-refractivity contribution is 0.102. The quantitative estimate of drug-likeness (QED) is 0.514. The van der Waals surface area contributed by atoms with Crippen LogP contribution in [0.2, 0.25) is 5.15 Å². The summed E-state index contributed by atoms with van der Waals surface area (Å²) >= 11 is 6.06. The summed E-state index contributed by atoms with van der Waals surface area (Å²) in [6.45, 7) is 0. The molecular weight excluding hydrogens is 390 g/mol. The molecule has 0 aliphatic heterocycles. The molecule has 0 spiro atoms. The fraction of sp³-hybridized carbons (Fsp3) is 0.0455. The largest absolute Gasteiger partial charge is 0.497 e. The lowest BCUT2D eigenvalue weighted by atomic mass is 10.1. The summed E-state index contributed by atoms with van der Waals surface area (Å²) in [5.41, 5.74) is 1.14. The summed E-state index contributed by atoms with van der Waals surface area (Å²) in [5, 5.41) is 3.95. The number of aromatic nitrogens is 2. The normalized spacial score (nSPS) is 10.7. The second-order valence-corrected chi connectivity index (χ2v) is 6.62. The number of ether oxygens (including phenoxy) is 1. The van der Waals surface area contributed by atoms with Crippen molar-refractivity contribution in [3.63, 3.8) is 0 Å². The van der Waals surface area contributed by atoms with Crippen LogP contribution in [0.25, 0.3) is 16.5 Å². The lowest BCUT2D eigenvalue weighted by Gasteiger charge is -2.13. The van der Waals surface area contributed by atoms with E-state index < -0.39 is 5.91 Å². The second kappa shape index (κ2) is 7.77. The minimum atomic E-state index is -0.390. The smallest absolute Gasteiger partial charge is 0.262 e. The zero-order valence-corrected chi connectivity index (χ0v) is 16.2. The Hall–Kier alpha value is -3.64. The molecule has 2 aromatic carbocycles. The molecule has 0 radical (unpaired) electrons. The van der Waals surface area contributed by atoms with E-state index in [1.165, 1.54) is 17.0 Å². The Balaban J connectivity index is 1.86. The van der Waals surface area contributed by atoms with E-state index in [1.54, 1.807) is 67.8 Å². The average molecular weight is 406 g/mol. The van der Waals surface area contributed by atoms with Gasteiger partial charge in [-0.05, 0) is 42.5 Å². The maximum absolute atomic E-state index is 13.0. The number of carbonyl (C=O) groups excluding carboxylic acids is 1. The summed E-state index contributed by atoms with van der Waals surface area (Å²) in [5.74, 6) is 0.283. The molecule has 7 heteroatoms. The van der Waals surface area contributed by atoms with Gasteiger partial charge in [0.1, 0.15) is 5.75 Å². The number of amides is 1. The van der Waals surface area contributed by atoms with E-state index in [-0.39, 0.29) is 10.7 Å². The Labute approximate surface area is 171 Å². The predicted molar refractivity (Wildman–Crippen MR) is 113 cm³/mol. The molecule has 0 saturated carbocycles. The monoisotopic (exact) mass is 405 g/mol. The maximum Gasteiger partial charge on any atom is 0.262 e. The van der Waals surface area contributed by atoms with Crippen molar-refractivity contribution in [2.24, 2.45) is 0 Å². The molecule has 4 aromatic rings. The third-order valence-electron chi connectivity index (χ3n) is 4.53. The number of fused-ring (bicyclic) bond motifs is 1. The third kappa shape index (κ3) is 3.58. The van der Waals surface area contributed by atoms with E-state index in [0.29, 0.717) is 33.5 Å². The average Bonchev–Trinajstić information content (AvgIpc) is 2.76. The van der Waals surface area contributed by atoms with E-state index in [9.17, 15) is 9.59 Å². The molecule has 0 aliphatic rings. The fourth-order valence-corrected chi connectivity index (χ4v) is 3.24. The lowest BCUT2D eigenvalue weighted by Crippen LogP contribution is -2.22. The number of hydrogen-bond acceptors (Lipinski definition) is 4. The highest BCUT2D eigenvalue weighted by molar-refractivity contribution is 6.32. The molecule has 2 heterocycles. The number of anilines is 1. The first-order chi connectivity index (χ1) is 14.1. The Morgan fingerprint density at radius 3 is 2.45 bits per heavy atom. The molecule has 6 nitrogen and oxygen atoms in total. The molecule has 0 bridgehead atoms. The molecule has 0 saturated heterocycles. The Kier molecular flexibility index (Phi) is 5.01. The van der Waals surface area contributed by atoms with Gasteiger partial charge in [0.2, 0.25) is 0 Å². The molecule has 0 unspecified atom stereocenters. The van der Waals surface area contributed by atoms with Crippen LogP contribution in [-0.2, 0) is 0 Å². The Morgan fingerprint density at radius 2 is 1.76 bits per heavy atom. The molecule has 4 rings (SSSR count). The Bertz CT molecular complexity index is 1270. The van der Waals surface area contributed by atoms with E-state index in [2.05, 4.69) is 10.3 Å². The van der Waals surface area contributed by atoms with Gasteiger partial charge < -0.3 is 10.1 Å². The van der Waals surface area contributed by atoms with Crippen LogP contribution in [0.3, 0.4) is 0 Å². The molecule has 1 N–H and O–H groups in total. The highest BCUT2D eigenvalue weighted by Gasteiger charge is 2.16. The molecule has 0 atom stereocenters. The SMILES string of the molecule is COc1ccc(-n2cc(C(=O)Nc3cccnc3Cl)c3ccccc3c2=O)cc1. The van der Waals surface area contributed by atoms with Crippen LogP contribution in [0.4, 0.5) is 5.69 Å². The number of carbonyl (C=O) groups is 1. The van der Waals surface area contributed by atoms with Crippen LogP contribution >= 0.6 is 11.6 Å². The zero-order valence-electron chi connectivity index (χ0n) is 15.4.